The number of carbonyl (C=O) groups is 1. The highest BCUT2D eigenvalue weighted by Gasteiger charge is 2.52. The smallest absolute Gasteiger partial charge is 0.283 e. The van der Waals surface area contributed by atoms with E-state index in [0.717, 1.165) is 18.5 Å². The van der Waals surface area contributed by atoms with Gasteiger partial charge in [0, 0.05) is 17.7 Å². The number of amides is 1. The molecule has 1 aromatic heterocycles. The lowest BCUT2D eigenvalue weighted by Crippen LogP contribution is -2.55. The number of rotatable bonds is 6. The molecule has 1 amide bonds. The number of anilines is 1. The van der Waals surface area contributed by atoms with Crippen molar-refractivity contribution in [1.29, 1.82) is 0 Å². The second kappa shape index (κ2) is 9.22. The third-order valence-corrected chi connectivity index (χ3v) is 5.73. The van der Waals surface area contributed by atoms with Crippen LogP contribution in [0.2, 0.25) is 0 Å². The number of halogens is 3. The number of nitrogens with two attached hydrogens (primary N) is 1. The van der Waals surface area contributed by atoms with Crippen molar-refractivity contribution in [1.82, 2.24) is 9.97 Å². The molecule has 2 aliphatic rings. The van der Waals surface area contributed by atoms with Gasteiger partial charge < -0.3 is 25.3 Å². The van der Waals surface area contributed by atoms with Gasteiger partial charge in [0.1, 0.15) is 29.8 Å². The van der Waals surface area contributed by atoms with Crippen molar-refractivity contribution >= 4 is 17.6 Å². The van der Waals surface area contributed by atoms with E-state index in [0.29, 0.717) is 6.42 Å². The molecule has 0 spiro atoms. The van der Waals surface area contributed by atoms with E-state index in [-0.39, 0.29) is 41.6 Å². The number of amidine groups is 1. The number of benzene rings is 1. The number of aliphatic imine (C=N–C) groups is 1. The third kappa shape index (κ3) is 4.42. The Morgan fingerprint density at radius 1 is 1.33 bits per heavy atom. The number of carbonyl (C=O) groups excluding carboxylic acids is 1. The molecule has 0 unspecified atom stereocenters. The monoisotopic (exact) mass is 465 g/mol. The summed E-state index contributed by atoms with van der Waals surface area (Å²) < 4.78 is 57.6. The van der Waals surface area contributed by atoms with Crippen LogP contribution >= 0.6 is 0 Å². The summed E-state index contributed by atoms with van der Waals surface area (Å²) in [5.41, 5.74) is 4.16. The zero-order valence-electron chi connectivity index (χ0n) is 17.6. The van der Waals surface area contributed by atoms with Crippen molar-refractivity contribution in [3.05, 3.63) is 47.7 Å². The van der Waals surface area contributed by atoms with Crippen LogP contribution in [0.15, 0.2) is 35.6 Å². The lowest BCUT2D eigenvalue weighted by molar-refractivity contribution is -0.109. The van der Waals surface area contributed by atoms with E-state index in [1.807, 2.05) is 6.92 Å². The van der Waals surface area contributed by atoms with Crippen molar-refractivity contribution in [3.63, 3.8) is 0 Å². The number of alkyl halides is 2. The minimum Gasteiger partial charge on any atom is -0.462 e. The van der Waals surface area contributed by atoms with Gasteiger partial charge in [-0.25, -0.2) is 28.1 Å². The summed E-state index contributed by atoms with van der Waals surface area (Å²) in [6.45, 7) is -0.176. The molecule has 2 aromatic rings. The van der Waals surface area contributed by atoms with Crippen molar-refractivity contribution in [2.24, 2.45) is 16.6 Å². The summed E-state index contributed by atoms with van der Waals surface area (Å²) in [5, 5.41) is 2.56. The van der Waals surface area contributed by atoms with Crippen LogP contribution < -0.4 is 15.8 Å². The topological polar surface area (TPSA) is 121 Å². The predicted molar refractivity (Wildman–Crippen MR) is 111 cm³/mol. The molecule has 0 saturated carbocycles. The standard InChI is InChI=1S/C21H22F3N5O4/c1-11-4-17-14(8-31-11)21(9-22,29-20(25)33-17)13-5-12(2-3-15(13)24)28-19(30)16-6-27-18(7-26-16)32-10-23/h2-3,5-7,11,14,17H,4,8-10H2,1H3,(H2,25,29)(H,28,30)/t11-,14+,17-,21-/m1/s1. The molecule has 1 saturated heterocycles. The molecule has 3 N–H and O–H groups in total. The molecule has 176 valence electrons. The van der Waals surface area contributed by atoms with Crippen molar-refractivity contribution in [2.45, 2.75) is 31.1 Å². The molecular weight excluding hydrogens is 443 g/mol. The van der Waals surface area contributed by atoms with E-state index in [1.54, 1.807) is 0 Å². The van der Waals surface area contributed by atoms with Gasteiger partial charge >= 0.3 is 0 Å². The number of hydrogen-bond donors (Lipinski definition) is 2. The van der Waals surface area contributed by atoms with Crippen LogP contribution in [0.25, 0.3) is 0 Å². The molecule has 0 bridgehead atoms. The Kier molecular flexibility index (Phi) is 6.36. The minimum atomic E-state index is -1.68. The van der Waals surface area contributed by atoms with Gasteiger partial charge in [-0.1, -0.05) is 0 Å². The van der Waals surface area contributed by atoms with Gasteiger partial charge in [0.05, 0.1) is 31.0 Å². The Hall–Kier alpha value is -3.41. The van der Waals surface area contributed by atoms with E-state index in [4.69, 9.17) is 15.2 Å². The number of nitrogens with zero attached hydrogens (tertiary/aromatic N) is 3. The van der Waals surface area contributed by atoms with Crippen LogP contribution in [-0.4, -0.2) is 54.2 Å². The highest BCUT2D eigenvalue weighted by atomic mass is 19.1. The number of hydrogen-bond acceptors (Lipinski definition) is 8. The molecule has 1 fully saturated rings. The van der Waals surface area contributed by atoms with Crippen LogP contribution in [0.3, 0.4) is 0 Å². The van der Waals surface area contributed by atoms with E-state index in [2.05, 4.69) is 25.0 Å². The molecule has 0 aliphatic carbocycles. The zero-order chi connectivity index (χ0) is 23.6. The van der Waals surface area contributed by atoms with Crippen LogP contribution in [0, 0.1) is 11.7 Å². The Morgan fingerprint density at radius 3 is 2.85 bits per heavy atom. The number of aromatic nitrogens is 2. The molecule has 2 aliphatic heterocycles. The maximum atomic E-state index is 15.0. The van der Waals surface area contributed by atoms with E-state index < -0.39 is 42.8 Å². The second-order valence-electron chi connectivity index (χ2n) is 7.79. The predicted octanol–water partition coefficient (Wildman–Crippen LogP) is 2.48. The molecule has 1 aromatic carbocycles. The van der Waals surface area contributed by atoms with Gasteiger partial charge in [0.2, 0.25) is 12.7 Å². The third-order valence-electron chi connectivity index (χ3n) is 5.73. The molecule has 33 heavy (non-hydrogen) atoms. The fourth-order valence-electron chi connectivity index (χ4n) is 4.13. The number of fused-ring (bicyclic) bond motifs is 1. The van der Waals surface area contributed by atoms with Crippen molar-refractivity contribution in [3.8, 4) is 5.88 Å². The summed E-state index contributed by atoms with van der Waals surface area (Å²) in [4.78, 5) is 24.3. The molecule has 4 rings (SSSR count). The summed E-state index contributed by atoms with van der Waals surface area (Å²) in [7, 11) is 0. The second-order valence-corrected chi connectivity index (χ2v) is 7.79. The van der Waals surface area contributed by atoms with Gasteiger partial charge in [-0.05, 0) is 25.1 Å². The maximum absolute atomic E-state index is 15.0. The first-order valence-corrected chi connectivity index (χ1v) is 10.2. The quantitative estimate of drug-likeness (QED) is 0.672. The first-order valence-electron chi connectivity index (χ1n) is 10.2. The molecular formula is C21H22F3N5O4. The lowest BCUT2D eigenvalue weighted by Gasteiger charge is -2.46. The number of ether oxygens (including phenoxy) is 3. The van der Waals surface area contributed by atoms with Gasteiger partial charge in [0.15, 0.2) is 0 Å². The van der Waals surface area contributed by atoms with Gasteiger partial charge in [-0.3, -0.25) is 4.79 Å². The normalized spacial score (nSPS) is 26.5. The average molecular weight is 465 g/mol. The summed E-state index contributed by atoms with van der Waals surface area (Å²) in [6.07, 6.45) is 2.00. The molecule has 4 atom stereocenters. The van der Waals surface area contributed by atoms with Crippen molar-refractivity contribution < 1.29 is 32.2 Å². The first-order chi connectivity index (χ1) is 15.9. The van der Waals surface area contributed by atoms with E-state index in [1.165, 1.54) is 12.1 Å². The highest BCUT2D eigenvalue weighted by molar-refractivity contribution is 6.02. The van der Waals surface area contributed by atoms with Crippen LogP contribution in [-0.2, 0) is 15.0 Å². The maximum Gasteiger partial charge on any atom is 0.283 e. The summed E-state index contributed by atoms with van der Waals surface area (Å²) in [5.74, 6) is -2.09. The van der Waals surface area contributed by atoms with E-state index in [9.17, 15) is 18.0 Å². The van der Waals surface area contributed by atoms with Gasteiger partial charge in [0.25, 0.3) is 11.9 Å². The molecule has 0 radical (unpaired) electrons. The highest BCUT2D eigenvalue weighted by Crippen LogP contribution is 2.45. The fourth-order valence-corrected chi connectivity index (χ4v) is 4.13. The summed E-state index contributed by atoms with van der Waals surface area (Å²) >= 11 is 0. The van der Waals surface area contributed by atoms with Crippen LogP contribution in [0.5, 0.6) is 5.88 Å². The van der Waals surface area contributed by atoms with Gasteiger partial charge in [-0.2, -0.15) is 0 Å². The molecule has 12 heteroatoms. The average Bonchev–Trinajstić information content (AvgIpc) is 2.80. The van der Waals surface area contributed by atoms with Crippen LogP contribution in [0.4, 0.5) is 18.9 Å². The fraction of sp³-hybridized carbons (Fsp3) is 0.429. The first kappa shape index (κ1) is 22.8. The Morgan fingerprint density at radius 2 is 2.15 bits per heavy atom. The van der Waals surface area contributed by atoms with Gasteiger partial charge in [-0.15, -0.1) is 0 Å². The molecule has 9 nitrogen and oxygen atoms in total. The largest absolute Gasteiger partial charge is 0.462 e. The van der Waals surface area contributed by atoms with E-state index >= 15 is 0 Å². The van der Waals surface area contributed by atoms with Crippen molar-refractivity contribution in [2.75, 3.05) is 25.5 Å². The minimum absolute atomic E-state index is 0.0834. The molecule has 3 heterocycles. The number of nitrogens with one attached hydrogen (secondary N) is 1. The Balaban J connectivity index is 1.64. The Labute approximate surface area is 187 Å². The van der Waals surface area contributed by atoms with Crippen LogP contribution in [0.1, 0.15) is 29.4 Å². The zero-order valence-corrected chi connectivity index (χ0v) is 17.6. The summed E-state index contributed by atoms with van der Waals surface area (Å²) in [6, 6.07) is 3.50. The Bertz CT molecular complexity index is 1050. The SMILES string of the molecule is C[C@@H]1C[C@H]2OC(N)=N[C@](CF)(c3cc(NC(=O)c4cnc(OCF)cn4)ccc3F)[C@H]2CO1. The lowest BCUT2D eigenvalue weighted by atomic mass is 9.73.